The van der Waals surface area contributed by atoms with Crippen LogP contribution in [0.4, 0.5) is 0 Å². The van der Waals surface area contributed by atoms with Crippen LogP contribution in [0.1, 0.15) is 10.8 Å². The summed E-state index contributed by atoms with van der Waals surface area (Å²) < 4.78 is 0. The summed E-state index contributed by atoms with van der Waals surface area (Å²) in [5.41, 5.74) is 0.637. The molecule has 1 unspecified atom stereocenters. The summed E-state index contributed by atoms with van der Waals surface area (Å²) >= 11 is 20.7. The van der Waals surface area contributed by atoms with Crippen molar-refractivity contribution in [3.63, 3.8) is 0 Å². The largest absolute Gasteiger partial charge is 0.280 e. The highest BCUT2D eigenvalue weighted by Crippen LogP contribution is 2.29. The number of halogens is 3. The summed E-state index contributed by atoms with van der Waals surface area (Å²) in [7, 11) is 0. The Morgan fingerprint density at radius 2 is 1.92 bits per heavy atom. The van der Waals surface area contributed by atoms with Crippen molar-refractivity contribution in [2.45, 2.75) is 5.25 Å². The number of carbonyl (C=O) groups is 1. The van der Waals surface area contributed by atoms with Gasteiger partial charge in [0.2, 0.25) is 5.24 Å². The van der Waals surface area contributed by atoms with Crippen LogP contribution in [0.2, 0.25) is 10.0 Å². The van der Waals surface area contributed by atoms with Gasteiger partial charge in [0, 0.05) is 0 Å². The first kappa shape index (κ1) is 11.2. The van der Waals surface area contributed by atoms with Crippen LogP contribution in [-0.4, -0.2) is 5.24 Å². The highest BCUT2D eigenvalue weighted by Gasteiger charge is 2.14. The maximum Gasteiger partial charge on any atom is 0.238 e. The van der Waals surface area contributed by atoms with Gasteiger partial charge in [0.05, 0.1) is 10.0 Å². The van der Waals surface area contributed by atoms with E-state index < -0.39 is 10.5 Å². The van der Waals surface area contributed by atoms with E-state index in [1.165, 1.54) is 0 Å². The van der Waals surface area contributed by atoms with Gasteiger partial charge in [-0.3, -0.25) is 4.79 Å². The third-order valence-corrected chi connectivity index (χ3v) is 3.12. The molecule has 0 aromatic heterocycles. The van der Waals surface area contributed by atoms with Crippen LogP contribution >= 0.6 is 47.4 Å². The van der Waals surface area contributed by atoms with Gasteiger partial charge in [0.25, 0.3) is 0 Å². The quantitative estimate of drug-likeness (QED) is 0.629. The lowest BCUT2D eigenvalue weighted by atomic mass is 10.1. The third-order valence-electron chi connectivity index (χ3n) is 1.47. The van der Waals surface area contributed by atoms with Gasteiger partial charge in [-0.2, -0.15) is 12.6 Å². The van der Waals surface area contributed by atoms with Gasteiger partial charge < -0.3 is 0 Å². The van der Waals surface area contributed by atoms with E-state index in [-0.39, 0.29) is 0 Å². The molecule has 0 aliphatic rings. The van der Waals surface area contributed by atoms with Crippen LogP contribution in [0, 0.1) is 0 Å². The van der Waals surface area contributed by atoms with Crippen molar-refractivity contribution < 1.29 is 4.79 Å². The third kappa shape index (κ3) is 2.78. The molecule has 1 atom stereocenters. The van der Waals surface area contributed by atoms with Crippen LogP contribution in [-0.2, 0) is 4.79 Å². The Kier molecular flexibility index (Phi) is 3.92. The molecule has 70 valence electrons. The SMILES string of the molecule is O=C(Cl)C(S)c1ccc(Cl)c(Cl)c1. The summed E-state index contributed by atoms with van der Waals surface area (Å²) in [6.45, 7) is 0. The molecule has 0 bridgehead atoms. The fourth-order valence-corrected chi connectivity index (χ4v) is 1.41. The molecule has 13 heavy (non-hydrogen) atoms. The molecule has 1 aromatic carbocycles. The minimum atomic E-state index is -0.656. The van der Waals surface area contributed by atoms with E-state index in [0.717, 1.165) is 0 Å². The lowest BCUT2D eigenvalue weighted by Gasteiger charge is -2.06. The van der Waals surface area contributed by atoms with E-state index in [1.54, 1.807) is 18.2 Å². The molecular weight excluding hydrogens is 251 g/mol. The standard InChI is InChI=1S/C8H5Cl3OS/c9-5-2-1-4(3-6(5)10)7(13)8(11)12/h1-3,7,13H. The topological polar surface area (TPSA) is 17.1 Å². The number of thiol groups is 1. The Labute approximate surface area is 96.4 Å². The Bertz CT molecular complexity index is 340. The molecule has 0 heterocycles. The zero-order chi connectivity index (χ0) is 10.0. The highest BCUT2D eigenvalue weighted by molar-refractivity contribution is 7.81. The second kappa shape index (κ2) is 4.56. The fraction of sp³-hybridized carbons (Fsp3) is 0.125. The lowest BCUT2D eigenvalue weighted by molar-refractivity contribution is -0.111. The summed E-state index contributed by atoms with van der Waals surface area (Å²) in [4.78, 5) is 10.8. The van der Waals surface area contributed by atoms with Gasteiger partial charge >= 0.3 is 0 Å². The maximum absolute atomic E-state index is 10.8. The van der Waals surface area contributed by atoms with Crippen LogP contribution in [0.3, 0.4) is 0 Å². The van der Waals surface area contributed by atoms with E-state index in [4.69, 9.17) is 34.8 Å². The molecular formula is C8H5Cl3OS. The van der Waals surface area contributed by atoms with Crippen LogP contribution in [0.25, 0.3) is 0 Å². The molecule has 0 radical (unpaired) electrons. The summed E-state index contributed by atoms with van der Waals surface area (Å²) in [5, 5.41) is -0.373. The van der Waals surface area contributed by atoms with Gasteiger partial charge in [-0.15, -0.1) is 0 Å². The molecule has 0 spiro atoms. The van der Waals surface area contributed by atoms with E-state index >= 15 is 0 Å². The van der Waals surface area contributed by atoms with Gasteiger partial charge in [-0.1, -0.05) is 29.3 Å². The number of hydrogen-bond acceptors (Lipinski definition) is 2. The van der Waals surface area contributed by atoms with Crippen LogP contribution < -0.4 is 0 Å². The minimum Gasteiger partial charge on any atom is -0.280 e. The van der Waals surface area contributed by atoms with Crippen molar-refractivity contribution in [1.82, 2.24) is 0 Å². The number of rotatable bonds is 2. The molecule has 0 aliphatic carbocycles. The minimum absolute atomic E-state index is 0.385. The van der Waals surface area contributed by atoms with Crippen molar-refractivity contribution in [3.8, 4) is 0 Å². The van der Waals surface area contributed by atoms with E-state index in [0.29, 0.717) is 15.6 Å². The Balaban J connectivity index is 3.03. The van der Waals surface area contributed by atoms with Crippen molar-refractivity contribution in [2.24, 2.45) is 0 Å². The molecule has 0 saturated carbocycles. The van der Waals surface area contributed by atoms with Crippen LogP contribution in [0.15, 0.2) is 18.2 Å². The fourth-order valence-electron chi connectivity index (χ4n) is 0.813. The smallest absolute Gasteiger partial charge is 0.238 e. The molecule has 0 amide bonds. The molecule has 1 rings (SSSR count). The van der Waals surface area contributed by atoms with Gasteiger partial charge in [0.1, 0.15) is 5.25 Å². The lowest BCUT2D eigenvalue weighted by Crippen LogP contribution is -1.98. The molecule has 1 aromatic rings. The van der Waals surface area contributed by atoms with Crippen molar-refractivity contribution in [3.05, 3.63) is 33.8 Å². The van der Waals surface area contributed by atoms with Gasteiger partial charge in [-0.05, 0) is 29.3 Å². The number of benzene rings is 1. The summed E-state index contributed by atoms with van der Waals surface area (Å²) in [6, 6.07) is 4.83. The molecule has 0 aliphatic heterocycles. The zero-order valence-electron chi connectivity index (χ0n) is 6.30. The van der Waals surface area contributed by atoms with Crippen molar-refractivity contribution >= 4 is 52.7 Å². The number of hydrogen-bond donors (Lipinski definition) is 1. The van der Waals surface area contributed by atoms with Gasteiger partial charge in [0.15, 0.2) is 0 Å². The first-order valence-corrected chi connectivity index (χ1v) is 4.99. The first-order valence-electron chi connectivity index (χ1n) is 3.34. The van der Waals surface area contributed by atoms with Crippen LogP contribution in [0.5, 0.6) is 0 Å². The summed E-state index contributed by atoms with van der Waals surface area (Å²) in [5.74, 6) is 0. The Morgan fingerprint density at radius 1 is 1.31 bits per heavy atom. The van der Waals surface area contributed by atoms with Crippen molar-refractivity contribution in [1.29, 1.82) is 0 Å². The molecule has 0 fully saturated rings. The average molecular weight is 256 g/mol. The predicted octanol–water partition coefficient (Wildman–Crippen LogP) is 3.73. The highest BCUT2D eigenvalue weighted by atomic mass is 35.5. The van der Waals surface area contributed by atoms with E-state index in [9.17, 15) is 4.79 Å². The monoisotopic (exact) mass is 254 g/mol. The normalized spacial score (nSPS) is 12.6. The van der Waals surface area contributed by atoms with Gasteiger partial charge in [-0.25, -0.2) is 0 Å². The summed E-state index contributed by atoms with van der Waals surface area (Å²) in [6.07, 6.45) is 0. The average Bonchev–Trinajstić information content (AvgIpc) is 2.08. The maximum atomic E-state index is 10.8. The predicted molar refractivity (Wildman–Crippen MR) is 59.0 cm³/mol. The number of carbonyl (C=O) groups excluding carboxylic acids is 1. The second-order valence-electron chi connectivity index (χ2n) is 2.38. The van der Waals surface area contributed by atoms with Crippen molar-refractivity contribution in [2.75, 3.05) is 0 Å². The molecule has 5 heteroatoms. The first-order chi connectivity index (χ1) is 6.02. The molecule has 0 N–H and O–H groups in total. The van der Waals surface area contributed by atoms with E-state index in [1.807, 2.05) is 0 Å². The Hall–Kier alpha value is 0.110. The molecule has 0 saturated heterocycles. The molecule has 1 nitrogen and oxygen atoms in total. The van der Waals surface area contributed by atoms with E-state index in [2.05, 4.69) is 12.6 Å². The second-order valence-corrected chi connectivity index (χ2v) is 4.08. The Morgan fingerprint density at radius 3 is 2.38 bits per heavy atom. The zero-order valence-corrected chi connectivity index (χ0v) is 9.46.